The number of imidazole rings is 1. The van der Waals surface area contributed by atoms with Crippen molar-refractivity contribution < 1.29 is 4.79 Å². The Balaban J connectivity index is 2.19. The molecule has 0 saturated carbocycles. The van der Waals surface area contributed by atoms with Crippen LogP contribution in [0.25, 0.3) is 11.4 Å². The number of rotatable bonds is 4. The summed E-state index contributed by atoms with van der Waals surface area (Å²) in [5.41, 5.74) is 7.46. The molecule has 106 valence electrons. The average molecular weight is 272 g/mol. The molecule has 1 aromatic heterocycles. The van der Waals surface area contributed by atoms with E-state index in [0.29, 0.717) is 0 Å². The zero-order valence-electron chi connectivity index (χ0n) is 12.0. The quantitative estimate of drug-likeness (QED) is 0.894. The Morgan fingerprint density at radius 2 is 2.15 bits per heavy atom. The van der Waals surface area contributed by atoms with Crippen LogP contribution in [0.3, 0.4) is 0 Å². The molecule has 1 amide bonds. The number of carbonyl (C=O) groups is 1. The first-order valence-corrected chi connectivity index (χ1v) is 6.63. The number of nitrogens with two attached hydrogens (primary N) is 1. The van der Waals surface area contributed by atoms with Gasteiger partial charge in [-0.2, -0.15) is 0 Å². The molecule has 0 aliphatic carbocycles. The Kier molecular flexibility index (Phi) is 4.20. The van der Waals surface area contributed by atoms with E-state index in [1.807, 2.05) is 55.9 Å². The van der Waals surface area contributed by atoms with Gasteiger partial charge in [0.2, 0.25) is 5.91 Å². The van der Waals surface area contributed by atoms with Crippen molar-refractivity contribution in [2.45, 2.75) is 19.9 Å². The van der Waals surface area contributed by atoms with Gasteiger partial charge >= 0.3 is 0 Å². The second-order valence-corrected chi connectivity index (χ2v) is 5.08. The number of carbonyl (C=O) groups excluding carboxylic acids is 1. The summed E-state index contributed by atoms with van der Waals surface area (Å²) < 4.78 is 1.94. The van der Waals surface area contributed by atoms with E-state index in [9.17, 15) is 4.79 Å². The Morgan fingerprint density at radius 3 is 2.75 bits per heavy atom. The average Bonchev–Trinajstić information content (AvgIpc) is 2.84. The smallest absolute Gasteiger partial charge is 0.228 e. The minimum absolute atomic E-state index is 0.0722. The van der Waals surface area contributed by atoms with Gasteiger partial charge in [0, 0.05) is 36.7 Å². The van der Waals surface area contributed by atoms with Gasteiger partial charge in [-0.15, -0.1) is 0 Å². The number of nitrogens with zero attached hydrogens (tertiary/aromatic N) is 2. The summed E-state index contributed by atoms with van der Waals surface area (Å²) in [6, 6.07) is 7.46. The summed E-state index contributed by atoms with van der Waals surface area (Å²) in [5.74, 6) is 0.560. The molecule has 1 heterocycles. The monoisotopic (exact) mass is 272 g/mol. The van der Waals surface area contributed by atoms with E-state index in [4.69, 9.17) is 5.73 Å². The lowest BCUT2D eigenvalue weighted by Gasteiger charge is -2.15. The highest BCUT2D eigenvalue weighted by Crippen LogP contribution is 2.21. The lowest BCUT2D eigenvalue weighted by Crippen LogP contribution is -2.34. The normalized spacial score (nSPS) is 13.8. The van der Waals surface area contributed by atoms with Gasteiger partial charge in [0.25, 0.3) is 0 Å². The lowest BCUT2D eigenvalue weighted by molar-refractivity contribution is -0.119. The molecule has 2 aromatic rings. The number of aryl methyl sites for hydroxylation is 1. The third-order valence-electron chi connectivity index (χ3n) is 3.41. The maximum absolute atomic E-state index is 12.0. The Bertz CT molecular complexity index is 603. The first kappa shape index (κ1) is 14.3. The SMILES string of the molecule is CC(N)C(C)C(=O)Nc1cccc(-c2nccn2C)c1. The van der Waals surface area contributed by atoms with Crippen LogP contribution < -0.4 is 11.1 Å². The summed E-state index contributed by atoms with van der Waals surface area (Å²) >= 11 is 0. The van der Waals surface area contributed by atoms with Crippen LogP contribution in [0.4, 0.5) is 5.69 Å². The summed E-state index contributed by atoms with van der Waals surface area (Å²) in [7, 11) is 1.94. The number of nitrogens with one attached hydrogen (secondary N) is 1. The van der Waals surface area contributed by atoms with Crippen molar-refractivity contribution in [2.75, 3.05) is 5.32 Å². The van der Waals surface area contributed by atoms with Crippen LogP contribution in [0.5, 0.6) is 0 Å². The minimum Gasteiger partial charge on any atom is -0.334 e. The topological polar surface area (TPSA) is 72.9 Å². The van der Waals surface area contributed by atoms with Gasteiger partial charge in [-0.25, -0.2) is 4.98 Å². The molecule has 2 rings (SSSR count). The van der Waals surface area contributed by atoms with Crippen molar-refractivity contribution in [1.29, 1.82) is 0 Å². The molecule has 20 heavy (non-hydrogen) atoms. The van der Waals surface area contributed by atoms with Crippen molar-refractivity contribution in [3.63, 3.8) is 0 Å². The fourth-order valence-electron chi connectivity index (χ4n) is 1.87. The largest absolute Gasteiger partial charge is 0.334 e. The maximum atomic E-state index is 12.0. The van der Waals surface area contributed by atoms with Crippen LogP contribution >= 0.6 is 0 Å². The number of anilines is 1. The van der Waals surface area contributed by atoms with Crippen molar-refractivity contribution in [1.82, 2.24) is 9.55 Å². The van der Waals surface area contributed by atoms with Crippen molar-refractivity contribution >= 4 is 11.6 Å². The molecule has 0 bridgehead atoms. The van der Waals surface area contributed by atoms with Gasteiger partial charge < -0.3 is 15.6 Å². The van der Waals surface area contributed by atoms with E-state index in [2.05, 4.69) is 10.3 Å². The van der Waals surface area contributed by atoms with Crippen LogP contribution in [0.15, 0.2) is 36.7 Å². The Labute approximate surface area is 118 Å². The number of hydrogen-bond acceptors (Lipinski definition) is 3. The summed E-state index contributed by atoms with van der Waals surface area (Å²) in [6.07, 6.45) is 3.64. The summed E-state index contributed by atoms with van der Waals surface area (Å²) in [5, 5.41) is 2.89. The molecule has 5 heteroatoms. The molecular formula is C15H20N4O. The molecule has 1 aromatic carbocycles. The molecule has 0 saturated heterocycles. The minimum atomic E-state index is -0.230. The van der Waals surface area contributed by atoms with E-state index in [1.54, 1.807) is 6.20 Å². The van der Waals surface area contributed by atoms with Crippen molar-refractivity contribution in [3.05, 3.63) is 36.7 Å². The van der Waals surface area contributed by atoms with E-state index >= 15 is 0 Å². The molecule has 0 fully saturated rings. The second-order valence-electron chi connectivity index (χ2n) is 5.08. The van der Waals surface area contributed by atoms with Gasteiger partial charge in [0.1, 0.15) is 5.82 Å². The van der Waals surface area contributed by atoms with Crippen LogP contribution in [0, 0.1) is 5.92 Å². The van der Waals surface area contributed by atoms with E-state index < -0.39 is 0 Å². The number of amides is 1. The zero-order chi connectivity index (χ0) is 14.7. The van der Waals surface area contributed by atoms with Gasteiger partial charge in [-0.1, -0.05) is 19.1 Å². The zero-order valence-corrected chi connectivity index (χ0v) is 12.0. The molecule has 0 aliphatic heterocycles. The first-order chi connectivity index (χ1) is 9.49. The first-order valence-electron chi connectivity index (χ1n) is 6.63. The third kappa shape index (κ3) is 3.05. The number of benzene rings is 1. The number of aromatic nitrogens is 2. The van der Waals surface area contributed by atoms with E-state index in [0.717, 1.165) is 17.1 Å². The van der Waals surface area contributed by atoms with Crippen molar-refractivity contribution in [2.24, 2.45) is 18.7 Å². The van der Waals surface area contributed by atoms with Gasteiger partial charge in [0.15, 0.2) is 0 Å². The Morgan fingerprint density at radius 1 is 1.40 bits per heavy atom. The summed E-state index contributed by atoms with van der Waals surface area (Å²) in [4.78, 5) is 16.3. The second kappa shape index (κ2) is 5.88. The molecule has 0 radical (unpaired) electrons. The van der Waals surface area contributed by atoms with Crippen LogP contribution in [0.1, 0.15) is 13.8 Å². The molecule has 3 N–H and O–H groups in total. The Hall–Kier alpha value is -2.14. The molecule has 0 spiro atoms. The molecule has 2 unspecified atom stereocenters. The maximum Gasteiger partial charge on any atom is 0.228 e. The highest BCUT2D eigenvalue weighted by molar-refractivity contribution is 5.93. The summed E-state index contributed by atoms with van der Waals surface area (Å²) in [6.45, 7) is 3.65. The van der Waals surface area contributed by atoms with E-state index in [1.165, 1.54) is 0 Å². The molecule has 2 atom stereocenters. The van der Waals surface area contributed by atoms with Crippen LogP contribution in [-0.4, -0.2) is 21.5 Å². The molecular weight excluding hydrogens is 252 g/mol. The van der Waals surface area contributed by atoms with Crippen LogP contribution in [0.2, 0.25) is 0 Å². The fourth-order valence-corrected chi connectivity index (χ4v) is 1.87. The van der Waals surface area contributed by atoms with Crippen LogP contribution in [-0.2, 0) is 11.8 Å². The standard InChI is InChI=1S/C15H20N4O/c1-10(11(2)16)15(20)18-13-6-4-5-12(9-13)14-17-7-8-19(14)3/h4-11H,16H2,1-3H3,(H,18,20). The fraction of sp³-hybridized carbons (Fsp3) is 0.333. The van der Waals surface area contributed by atoms with Crippen molar-refractivity contribution in [3.8, 4) is 11.4 Å². The van der Waals surface area contributed by atoms with Gasteiger partial charge in [-0.05, 0) is 19.1 Å². The highest BCUT2D eigenvalue weighted by Gasteiger charge is 2.17. The van der Waals surface area contributed by atoms with E-state index in [-0.39, 0.29) is 17.9 Å². The predicted octanol–water partition coefficient (Wildman–Crippen LogP) is 2.01. The third-order valence-corrected chi connectivity index (χ3v) is 3.41. The molecule has 0 aliphatic rings. The molecule has 5 nitrogen and oxygen atoms in total. The number of hydrogen-bond donors (Lipinski definition) is 2. The highest BCUT2D eigenvalue weighted by atomic mass is 16.1. The van der Waals surface area contributed by atoms with Gasteiger partial charge in [-0.3, -0.25) is 4.79 Å². The predicted molar refractivity (Wildman–Crippen MR) is 80.1 cm³/mol. The van der Waals surface area contributed by atoms with Gasteiger partial charge in [0.05, 0.1) is 5.92 Å². The lowest BCUT2D eigenvalue weighted by atomic mass is 10.0.